The van der Waals surface area contributed by atoms with Crippen molar-refractivity contribution in [2.45, 2.75) is 19.1 Å². The van der Waals surface area contributed by atoms with Crippen molar-refractivity contribution in [1.29, 1.82) is 0 Å². The zero-order valence-electron chi connectivity index (χ0n) is 16.7. The summed E-state index contributed by atoms with van der Waals surface area (Å²) < 4.78 is 5.63. The number of hydrogen-bond donors (Lipinski definition) is 3. The van der Waals surface area contributed by atoms with Crippen LogP contribution in [0.1, 0.15) is 23.7 Å². The molecule has 0 spiro atoms. The molecule has 0 fully saturated rings. The van der Waals surface area contributed by atoms with Crippen LogP contribution < -0.4 is 5.32 Å². The third-order valence-electron chi connectivity index (χ3n) is 3.79. The Bertz CT molecular complexity index is 800. The van der Waals surface area contributed by atoms with Crippen molar-refractivity contribution in [2.24, 2.45) is 0 Å². The Morgan fingerprint density at radius 2 is 1.57 bits per heavy atom. The summed E-state index contributed by atoms with van der Waals surface area (Å²) in [6.45, 7) is 1.26. The molecule has 30 heavy (non-hydrogen) atoms. The van der Waals surface area contributed by atoms with Crippen molar-refractivity contribution < 1.29 is 29.3 Å². The summed E-state index contributed by atoms with van der Waals surface area (Å²) in [7, 11) is 3.99. The molecule has 8 nitrogen and oxygen atoms in total. The van der Waals surface area contributed by atoms with Gasteiger partial charge in [0.1, 0.15) is 6.10 Å². The van der Waals surface area contributed by atoms with Gasteiger partial charge in [-0.05, 0) is 37.4 Å². The number of alkyl carbamates (subject to hydrolysis) is 1. The predicted octanol–water partition coefficient (Wildman–Crippen LogP) is 3.41. The minimum atomic E-state index is -1.82. The quantitative estimate of drug-likeness (QED) is 0.569. The molecule has 1 amide bonds. The average molecular weight is 437 g/mol. The molecule has 0 radical (unpaired) electrons. The summed E-state index contributed by atoms with van der Waals surface area (Å²) in [6.07, 6.45) is -0.00841. The Morgan fingerprint density at radius 1 is 1.00 bits per heavy atom. The first-order chi connectivity index (χ1) is 14.2. The molecule has 162 valence electrons. The van der Waals surface area contributed by atoms with Crippen LogP contribution in [0.4, 0.5) is 4.79 Å². The topological polar surface area (TPSA) is 116 Å². The third-order valence-corrected chi connectivity index (χ3v) is 4.04. The lowest BCUT2D eigenvalue weighted by molar-refractivity contribution is -0.159. The zero-order chi connectivity index (χ0) is 22.5. The lowest BCUT2D eigenvalue weighted by Gasteiger charge is -2.20. The molecule has 1 atom stereocenters. The maximum Gasteiger partial charge on any atom is 0.414 e. The summed E-state index contributed by atoms with van der Waals surface area (Å²) in [6, 6.07) is 17.2. The van der Waals surface area contributed by atoms with Crippen molar-refractivity contribution in [3.8, 4) is 0 Å². The summed E-state index contributed by atoms with van der Waals surface area (Å²) >= 11 is 5.94. The van der Waals surface area contributed by atoms with Crippen molar-refractivity contribution >= 4 is 29.6 Å². The first-order valence-electron chi connectivity index (χ1n) is 9.04. The highest BCUT2D eigenvalue weighted by molar-refractivity contribution is 6.30. The fraction of sp³-hybridized carbons (Fsp3) is 0.286. The number of rotatable bonds is 7. The van der Waals surface area contributed by atoms with Crippen LogP contribution in [0.25, 0.3) is 0 Å². The first kappa shape index (κ1) is 24.9. The van der Waals surface area contributed by atoms with E-state index in [1.807, 2.05) is 68.7 Å². The van der Waals surface area contributed by atoms with E-state index in [0.29, 0.717) is 18.0 Å². The second-order valence-corrected chi connectivity index (χ2v) is 6.92. The monoisotopic (exact) mass is 436 g/mol. The second-order valence-electron chi connectivity index (χ2n) is 6.49. The normalized spacial score (nSPS) is 11.1. The number of nitrogens with one attached hydrogen (secondary N) is 1. The predicted molar refractivity (Wildman–Crippen MR) is 112 cm³/mol. The van der Waals surface area contributed by atoms with Gasteiger partial charge in [0.15, 0.2) is 0 Å². The van der Waals surface area contributed by atoms with E-state index < -0.39 is 18.0 Å². The standard InChI is InChI=1S/C19H23ClN2O2.C2H2O4/c1-22(2)13-12-18(16-8-10-17(20)11-9-16)24-19(23)21-14-15-6-4-3-5-7-15;3-1(4)2(5)6/h3-11,18H,12-14H2,1-2H3,(H,21,23);(H,3,4)(H,5,6). The molecule has 3 N–H and O–H groups in total. The highest BCUT2D eigenvalue weighted by Crippen LogP contribution is 2.23. The van der Waals surface area contributed by atoms with Crippen LogP contribution in [0.5, 0.6) is 0 Å². The van der Waals surface area contributed by atoms with E-state index in [1.165, 1.54) is 0 Å². The Labute approximate surface area is 180 Å². The van der Waals surface area contributed by atoms with Gasteiger partial charge in [0.25, 0.3) is 0 Å². The summed E-state index contributed by atoms with van der Waals surface area (Å²) in [5.74, 6) is -3.65. The van der Waals surface area contributed by atoms with E-state index in [4.69, 9.17) is 36.1 Å². The number of benzene rings is 2. The van der Waals surface area contributed by atoms with Gasteiger partial charge in [0, 0.05) is 24.5 Å². The third kappa shape index (κ3) is 10.4. The van der Waals surface area contributed by atoms with Crippen LogP contribution in [0.15, 0.2) is 54.6 Å². The lowest BCUT2D eigenvalue weighted by atomic mass is 10.1. The molecule has 0 saturated heterocycles. The van der Waals surface area contributed by atoms with Crippen molar-refractivity contribution in [2.75, 3.05) is 20.6 Å². The van der Waals surface area contributed by atoms with E-state index in [2.05, 4.69) is 10.2 Å². The van der Waals surface area contributed by atoms with Crippen LogP contribution in [0.3, 0.4) is 0 Å². The maximum atomic E-state index is 12.1. The molecule has 0 aliphatic heterocycles. The van der Waals surface area contributed by atoms with Gasteiger partial charge in [-0.15, -0.1) is 0 Å². The number of hydrogen-bond acceptors (Lipinski definition) is 5. The first-order valence-corrected chi connectivity index (χ1v) is 9.41. The molecular formula is C21H25ClN2O6. The largest absolute Gasteiger partial charge is 0.473 e. The molecule has 0 heterocycles. The van der Waals surface area contributed by atoms with E-state index in [9.17, 15) is 4.79 Å². The summed E-state index contributed by atoms with van der Waals surface area (Å²) in [5, 5.41) is 18.2. The number of carboxylic acids is 2. The van der Waals surface area contributed by atoms with E-state index in [1.54, 1.807) is 0 Å². The van der Waals surface area contributed by atoms with Crippen molar-refractivity contribution in [3.63, 3.8) is 0 Å². The molecular weight excluding hydrogens is 412 g/mol. The molecule has 0 saturated carbocycles. The van der Waals surface area contributed by atoms with Gasteiger partial charge in [-0.3, -0.25) is 0 Å². The zero-order valence-corrected chi connectivity index (χ0v) is 17.5. The summed E-state index contributed by atoms with van der Waals surface area (Å²) in [5.41, 5.74) is 1.97. The van der Waals surface area contributed by atoms with Gasteiger partial charge in [-0.1, -0.05) is 54.1 Å². The highest BCUT2D eigenvalue weighted by atomic mass is 35.5. The minimum Gasteiger partial charge on any atom is -0.473 e. The number of ether oxygens (including phenoxy) is 1. The molecule has 0 aliphatic carbocycles. The Kier molecular flexibility index (Phi) is 11.0. The molecule has 2 rings (SSSR count). The van der Waals surface area contributed by atoms with Crippen molar-refractivity contribution in [1.82, 2.24) is 10.2 Å². The molecule has 0 aromatic heterocycles. The van der Waals surface area contributed by atoms with Crippen LogP contribution >= 0.6 is 11.6 Å². The average Bonchev–Trinajstić information content (AvgIpc) is 2.71. The number of halogens is 1. The second kappa shape index (κ2) is 13.2. The number of aliphatic carboxylic acids is 2. The van der Waals surface area contributed by atoms with Crippen LogP contribution in [0, 0.1) is 0 Å². The van der Waals surface area contributed by atoms with Crippen molar-refractivity contribution in [3.05, 3.63) is 70.7 Å². The van der Waals surface area contributed by atoms with Crippen LogP contribution in [-0.2, 0) is 20.9 Å². The van der Waals surface area contributed by atoms with Gasteiger partial charge >= 0.3 is 18.0 Å². The number of carbonyl (C=O) groups is 3. The number of carbonyl (C=O) groups excluding carboxylic acids is 1. The number of amides is 1. The molecule has 0 bridgehead atoms. The Hall–Kier alpha value is -3.10. The number of nitrogens with zero attached hydrogens (tertiary/aromatic N) is 1. The maximum absolute atomic E-state index is 12.1. The molecule has 2 aromatic rings. The minimum absolute atomic E-state index is 0.305. The lowest BCUT2D eigenvalue weighted by Crippen LogP contribution is -2.27. The Morgan fingerprint density at radius 3 is 2.07 bits per heavy atom. The fourth-order valence-electron chi connectivity index (χ4n) is 2.29. The van der Waals surface area contributed by atoms with Crippen LogP contribution in [0.2, 0.25) is 5.02 Å². The van der Waals surface area contributed by atoms with E-state index in [-0.39, 0.29) is 6.10 Å². The fourth-order valence-corrected chi connectivity index (χ4v) is 2.41. The highest BCUT2D eigenvalue weighted by Gasteiger charge is 2.17. The smallest absolute Gasteiger partial charge is 0.414 e. The summed E-state index contributed by atoms with van der Waals surface area (Å²) in [4.78, 5) is 32.4. The van der Waals surface area contributed by atoms with Gasteiger partial charge in [-0.2, -0.15) is 0 Å². The molecule has 9 heteroatoms. The number of carboxylic acid groups (broad SMARTS) is 2. The van der Waals surface area contributed by atoms with Crippen LogP contribution in [-0.4, -0.2) is 53.8 Å². The van der Waals surface area contributed by atoms with Gasteiger partial charge in [-0.25, -0.2) is 14.4 Å². The molecule has 0 aliphatic rings. The van der Waals surface area contributed by atoms with Gasteiger partial charge in [0.2, 0.25) is 0 Å². The van der Waals surface area contributed by atoms with E-state index in [0.717, 1.165) is 17.7 Å². The van der Waals surface area contributed by atoms with E-state index >= 15 is 0 Å². The Balaban J connectivity index is 0.000000656. The molecule has 2 aromatic carbocycles. The van der Waals surface area contributed by atoms with Gasteiger partial charge in [0.05, 0.1) is 0 Å². The van der Waals surface area contributed by atoms with Gasteiger partial charge < -0.3 is 25.2 Å². The molecule has 1 unspecified atom stereocenters. The SMILES string of the molecule is CN(C)CCC(OC(=O)NCc1ccccc1)c1ccc(Cl)cc1.O=C(O)C(=O)O.